The minimum Gasteiger partial charge on any atom is -0.384 e. The van der Waals surface area contributed by atoms with E-state index in [9.17, 15) is 9.18 Å². The first-order valence-corrected chi connectivity index (χ1v) is 5.14. The summed E-state index contributed by atoms with van der Waals surface area (Å²) in [5.41, 5.74) is 7.39. The number of anilines is 1. The molecule has 2 N–H and O–H groups in total. The minimum absolute atomic E-state index is 0.156. The second-order valence-corrected chi connectivity index (χ2v) is 3.66. The Balaban J connectivity index is 2.36. The molecule has 0 amide bonds. The minimum atomic E-state index is -0.402. The Bertz CT molecular complexity index is 538. The number of benzene rings is 1. The van der Waals surface area contributed by atoms with Gasteiger partial charge in [-0.2, -0.15) is 0 Å². The Morgan fingerprint density at radius 1 is 1.29 bits per heavy atom. The number of nitrogens with zero attached hydrogens (tertiary/aromatic N) is 1. The topological polar surface area (TPSA) is 56.0 Å². The average Bonchev–Trinajstić information content (AvgIpc) is 2.31. The Kier molecular flexibility index (Phi) is 3.14. The maximum atomic E-state index is 13.6. The maximum Gasteiger partial charge on any atom is 0.136 e. The van der Waals surface area contributed by atoms with Crippen LogP contribution in [0.5, 0.6) is 0 Å². The second kappa shape index (κ2) is 4.74. The highest BCUT2D eigenvalue weighted by atomic mass is 19.1. The summed E-state index contributed by atoms with van der Waals surface area (Å²) in [7, 11) is 0. The summed E-state index contributed by atoms with van der Waals surface area (Å²) in [5.74, 6) is -0.246. The lowest BCUT2D eigenvalue weighted by atomic mass is 10.0. The molecule has 17 heavy (non-hydrogen) atoms. The number of aldehydes is 1. The van der Waals surface area contributed by atoms with Crippen LogP contribution in [0.2, 0.25) is 0 Å². The molecule has 0 spiro atoms. The molecule has 0 fully saturated rings. The van der Waals surface area contributed by atoms with Gasteiger partial charge in [-0.05, 0) is 11.1 Å². The van der Waals surface area contributed by atoms with E-state index in [0.717, 1.165) is 11.8 Å². The lowest BCUT2D eigenvalue weighted by Crippen LogP contribution is -1.93. The van der Waals surface area contributed by atoms with Crippen molar-refractivity contribution in [1.82, 2.24) is 4.98 Å². The monoisotopic (exact) mass is 230 g/mol. The first-order valence-electron chi connectivity index (χ1n) is 5.14. The molecule has 0 saturated heterocycles. The Morgan fingerprint density at radius 2 is 2.00 bits per heavy atom. The summed E-state index contributed by atoms with van der Waals surface area (Å²) in [6, 6.07) is 8.29. The van der Waals surface area contributed by atoms with Crippen LogP contribution in [0.4, 0.5) is 10.2 Å². The first kappa shape index (κ1) is 11.3. The molecule has 0 saturated carbocycles. The molecule has 0 atom stereocenters. The van der Waals surface area contributed by atoms with Crippen LogP contribution in [0.25, 0.3) is 11.1 Å². The smallest absolute Gasteiger partial charge is 0.136 e. The van der Waals surface area contributed by atoms with Gasteiger partial charge in [-0.15, -0.1) is 0 Å². The van der Waals surface area contributed by atoms with Crippen LogP contribution < -0.4 is 5.73 Å². The van der Waals surface area contributed by atoms with Gasteiger partial charge < -0.3 is 10.5 Å². The molecule has 4 heteroatoms. The predicted molar refractivity (Wildman–Crippen MR) is 63.8 cm³/mol. The van der Waals surface area contributed by atoms with E-state index in [4.69, 9.17) is 5.73 Å². The van der Waals surface area contributed by atoms with Gasteiger partial charge in [0.05, 0.1) is 0 Å². The van der Waals surface area contributed by atoms with Crippen molar-refractivity contribution in [2.24, 2.45) is 0 Å². The number of aromatic nitrogens is 1. The fraction of sp³-hybridized carbons (Fsp3) is 0.0769. The van der Waals surface area contributed by atoms with Gasteiger partial charge in [-0.25, -0.2) is 9.37 Å². The number of halogens is 1. The molecule has 0 radical (unpaired) electrons. The quantitative estimate of drug-likeness (QED) is 0.822. The van der Waals surface area contributed by atoms with E-state index >= 15 is 0 Å². The van der Waals surface area contributed by atoms with Crippen LogP contribution in [0.15, 0.2) is 36.5 Å². The highest BCUT2D eigenvalue weighted by molar-refractivity contribution is 5.65. The molecule has 86 valence electrons. The van der Waals surface area contributed by atoms with Crippen molar-refractivity contribution in [1.29, 1.82) is 0 Å². The van der Waals surface area contributed by atoms with E-state index in [2.05, 4.69) is 4.98 Å². The van der Waals surface area contributed by atoms with E-state index in [1.54, 1.807) is 24.3 Å². The summed E-state index contributed by atoms with van der Waals surface area (Å²) < 4.78 is 13.6. The lowest BCUT2D eigenvalue weighted by molar-refractivity contribution is -0.107. The standard InChI is InChI=1S/C13H11FN2O/c14-12-7-13(15)16-8-11(12)10-3-1-9(2-4-10)5-6-17/h1-4,6-8H,5H2,(H2,15,16). The Morgan fingerprint density at radius 3 is 2.59 bits per heavy atom. The SMILES string of the molecule is Nc1cc(F)c(-c2ccc(CC=O)cc2)cn1. The van der Waals surface area contributed by atoms with E-state index in [1.807, 2.05) is 0 Å². The highest BCUT2D eigenvalue weighted by Gasteiger charge is 2.06. The van der Waals surface area contributed by atoms with Gasteiger partial charge in [0.2, 0.25) is 0 Å². The molecule has 2 rings (SSSR count). The van der Waals surface area contributed by atoms with Crippen LogP contribution in [0.1, 0.15) is 5.56 Å². The largest absolute Gasteiger partial charge is 0.384 e. The molecule has 3 nitrogen and oxygen atoms in total. The highest BCUT2D eigenvalue weighted by Crippen LogP contribution is 2.23. The van der Waals surface area contributed by atoms with Crippen LogP contribution in [-0.2, 0) is 11.2 Å². The molecular formula is C13H11FN2O. The molecule has 1 aromatic heterocycles. The van der Waals surface area contributed by atoms with Crippen LogP contribution in [-0.4, -0.2) is 11.3 Å². The van der Waals surface area contributed by atoms with Crippen molar-refractivity contribution in [3.05, 3.63) is 47.9 Å². The zero-order valence-corrected chi connectivity index (χ0v) is 9.06. The predicted octanol–water partition coefficient (Wildman–Crippen LogP) is 2.21. The molecule has 0 aliphatic rings. The van der Waals surface area contributed by atoms with Crippen LogP contribution in [0.3, 0.4) is 0 Å². The van der Waals surface area contributed by atoms with Gasteiger partial charge >= 0.3 is 0 Å². The van der Waals surface area contributed by atoms with Crippen LogP contribution in [0, 0.1) is 5.82 Å². The van der Waals surface area contributed by atoms with Gasteiger partial charge in [0.25, 0.3) is 0 Å². The molecule has 0 aliphatic carbocycles. The zero-order valence-electron chi connectivity index (χ0n) is 9.06. The summed E-state index contributed by atoms with van der Waals surface area (Å²) in [6.07, 6.45) is 2.60. The van der Waals surface area contributed by atoms with Crippen molar-refractivity contribution in [2.45, 2.75) is 6.42 Å². The molecule has 0 unspecified atom stereocenters. The van der Waals surface area contributed by atoms with Gasteiger partial charge in [0.1, 0.15) is 17.9 Å². The van der Waals surface area contributed by atoms with Crippen molar-refractivity contribution < 1.29 is 9.18 Å². The third-order valence-corrected chi connectivity index (χ3v) is 2.46. The Labute approximate surface area is 98.1 Å². The molecule has 2 aromatic rings. The van der Waals surface area contributed by atoms with E-state index in [-0.39, 0.29) is 5.82 Å². The third kappa shape index (κ3) is 2.47. The van der Waals surface area contributed by atoms with Gasteiger partial charge in [0, 0.05) is 24.2 Å². The molecule has 1 aromatic carbocycles. The number of nitrogens with two attached hydrogens (primary N) is 1. The summed E-state index contributed by atoms with van der Waals surface area (Å²) in [6.45, 7) is 0. The van der Waals surface area contributed by atoms with Crippen molar-refractivity contribution >= 4 is 12.1 Å². The number of carbonyl (C=O) groups is 1. The van der Waals surface area contributed by atoms with Crippen molar-refractivity contribution in [3.8, 4) is 11.1 Å². The fourth-order valence-corrected chi connectivity index (χ4v) is 1.57. The summed E-state index contributed by atoms with van der Waals surface area (Å²) >= 11 is 0. The van der Waals surface area contributed by atoms with Gasteiger partial charge in [-0.1, -0.05) is 24.3 Å². The Hall–Kier alpha value is -2.23. The van der Waals surface area contributed by atoms with Gasteiger partial charge in [-0.3, -0.25) is 0 Å². The van der Waals surface area contributed by atoms with Crippen LogP contribution >= 0.6 is 0 Å². The normalized spacial score (nSPS) is 10.2. The average molecular weight is 230 g/mol. The van der Waals surface area contributed by atoms with E-state index in [1.165, 1.54) is 12.3 Å². The van der Waals surface area contributed by atoms with Gasteiger partial charge in [0.15, 0.2) is 0 Å². The molecule has 1 heterocycles. The summed E-state index contributed by atoms with van der Waals surface area (Å²) in [4.78, 5) is 14.2. The van der Waals surface area contributed by atoms with Crippen molar-refractivity contribution in [3.63, 3.8) is 0 Å². The third-order valence-electron chi connectivity index (χ3n) is 2.46. The van der Waals surface area contributed by atoms with E-state index < -0.39 is 5.82 Å². The fourth-order valence-electron chi connectivity index (χ4n) is 1.57. The number of pyridine rings is 1. The lowest BCUT2D eigenvalue weighted by Gasteiger charge is -2.04. The van der Waals surface area contributed by atoms with E-state index in [0.29, 0.717) is 17.5 Å². The number of hydrogen-bond acceptors (Lipinski definition) is 3. The second-order valence-electron chi connectivity index (χ2n) is 3.66. The number of nitrogen functional groups attached to an aromatic ring is 1. The van der Waals surface area contributed by atoms with Crippen molar-refractivity contribution in [2.75, 3.05) is 5.73 Å². The number of rotatable bonds is 3. The summed E-state index contributed by atoms with van der Waals surface area (Å²) in [5, 5.41) is 0. The zero-order chi connectivity index (χ0) is 12.3. The molecule has 0 bridgehead atoms. The molecule has 0 aliphatic heterocycles. The first-order chi connectivity index (χ1) is 8.20. The molecular weight excluding hydrogens is 219 g/mol. The maximum absolute atomic E-state index is 13.6. The number of carbonyl (C=O) groups excluding carboxylic acids is 1. The number of hydrogen-bond donors (Lipinski definition) is 1.